The molecule has 1 unspecified atom stereocenters. The van der Waals surface area contributed by atoms with Gasteiger partial charge in [0.25, 0.3) is 0 Å². The lowest BCUT2D eigenvalue weighted by atomic mass is 10.1. The molecule has 1 aromatic carbocycles. The van der Waals surface area contributed by atoms with E-state index in [1.54, 1.807) is 20.8 Å². The number of nitrogens with zero attached hydrogens (tertiary/aromatic N) is 1. The molecule has 1 fully saturated rings. The van der Waals surface area contributed by atoms with Gasteiger partial charge in [-0.05, 0) is 51.3 Å². The second-order valence-electron chi connectivity index (χ2n) is 6.25. The molecular formula is C16H20FNO3. The van der Waals surface area contributed by atoms with Gasteiger partial charge in [0.05, 0.1) is 0 Å². The highest BCUT2D eigenvalue weighted by Gasteiger charge is 2.40. The van der Waals surface area contributed by atoms with Crippen LogP contribution in [0.1, 0.15) is 45.2 Å². The third kappa shape index (κ3) is 4.03. The van der Waals surface area contributed by atoms with Crippen molar-refractivity contribution in [1.29, 1.82) is 0 Å². The third-order valence-corrected chi connectivity index (χ3v) is 3.18. The minimum Gasteiger partial charge on any atom is -0.444 e. The van der Waals surface area contributed by atoms with Crippen LogP contribution in [-0.4, -0.2) is 28.9 Å². The van der Waals surface area contributed by atoms with E-state index in [1.165, 1.54) is 29.2 Å². The SMILES string of the molecule is CC(C)(C)OC(=O)N(C1CC1)C(C=O)c1ccc(F)cc1. The van der Waals surface area contributed by atoms with Crippen LogP contribution in [0, 0.1) is 5.82 Å². The molecule has 0 bridgehead atoms. The van der Waals surface area contributed by atoms with Gasteiger partial charge >= 0.3 is 6.09 Å². The molecule has 0 radical (unpaired) electrons. The monoisotopic (exact) mass is 293 g/mol. The summed E-state index contributed by atoms with van der Waals surface area (Å²) in [5.41, 5.74) is -0.0374. The first-order valence-corrected chi connectivity index (χ1v) is 7.04. The van der Waals surface area contributed by atoms with Crippen LogP contribution in [-0.2, 0) is 9.53 Å². The number of carbonyl (C=O) groups excluding carboxylic acids is 2. The summed E-state index contributed by atoms with van der Waals surface area (Å²) in [6.45, 7) is 5.34. The van der Waals surface area contributed by atoms with Crippen molar-refractivity contribution < 1.29 is 18.7 Å². The molecule has 4 nitrogen and oxygen atoms in total. The Labute approximate surface area is 123 Å². The Morgan fingerprint density at radius 3 is 2.33 bits per heavy atom. The average molecular weight is 293 g/mol. The Bertz CT molecular complexity index is 517. The van der Waals surface area contributed by atoms with E-state index in [0.717, 1.165) is 12.8 Å². The largest absolute Gasteiger partial charge is 0.444 e. The second kappa shape index (κ2) is 5.84. The highest BCUT2D eigenvalue weighted by Crippen LogP contribution is 2.35. The van der Waals surface area contributed by atoms with Crippen molar-refractivity contribution in [3.63, 3.8) is 0 Å². The first-order chi connectivity index (χ1) is 9.81. The van der Waals surface area contributed by atoms with Gasteiger partial charge in [0, 0.05) is 6.04 Å². The Kier molecular flexibility index (Phi) is 4.30. The van der Waals surface area contributed by atoms with Crippen molar-refractivity contribution in [2.24, 2.45) is 0 Å². The molecule has 1 saturated carbocycles. The van der Waals surface area contributed by atoms with Gasteiger partial charge < -0.3 is 9.53 Å². The first-order valence-electron chi connectivity index (χ1n) is 7.04. The average Bonchev–Trinajstić information content (AvgIpc) is 3.19. The predicted octanol–water partition coefficient (Wildman–Crippen LogP) is 3.47. The van der Waals surface area contributed by atoms with Gasteiger partial charge in [0.2, 0.25) is 0 Å². The van der Waals surface area contributed by atoms with Crippen molar-refractivity contribution in [3.05, 3.63) is 35.6 Å². The summed E-state index contributed by atoms with van der Waals surface area (Å²) in [6.07, 6.45) is 1.90. The number of benzene rings is 1. The maximum Gasteiger partial charge on any atom is 0.411 e. The first kappa shape index (κ1) is 15.5. The van der Waals surface area contributed by atoms with Gasteiger partial charge in [0.1, 0.15) is 23.7 Å². The van der Waals surface area contributed by atoms with Gasteiger partial charge in [-0.2, -0.15) is 0 Å². The van der Waals surface area contributed by atoms with Crippen molar-refractivity contribution >= 4 is 12.4 Å². The van der Waals surface area contributed by atoms with Crippen LogP contribution in [0.15, 0.2) is 24.3 Å². The number of hydrogen-bond donors (Lipinski definition) is 0. The molecule has 1 aromatic rings. The normalized spacial score (nSPS) is 16.2. The fourth-order valence-electron chi connectivity index (χ4n) is 2.12. The standard InChI is InChI=1S/C16H20FNO3/c1-16(2,3)21-15(20)18(13-8-9-13)14(10-19)11-4-6-12(17)7-5-11/h4-7,10,13-14H,8-9H2,1-3H3. The van der Waals surface area contributed by atoms with E-state index in [9.17, 15) is 14.0 Å². The summed E-state index contributed by atoms with van der Waals surface area (Å²) in [7, 11) is 0. The molecule has 0 spiro atoms. The maximum absolute atomic E-state index is 13.0. The van der Waals surface area contributed by atoms with E-state index in [-0.39, 0.29) is 11.9 Å². The van der Waals surface area contributed by atoms with E-state index >= 15 is 0 Å². The molecule has 1 amide bonds. The van der Waals surface area contributed by atoms with Crippen molar-refractivity contribution in [2.75, 3.05) is 0 Å². The second-order valence-corrected chi connectivity index (χ2v) is 6.25. The smallest absolute Gasteiger partial charge is 0.411 e. The lowest BCUT2D eigenvalue weighted by Gasteiger charge is -2.31. The van der Waals surface area contributed by atoms with E-state index in [4.69, 9.17) is 4.74 Å². The zero-order valence-corrected chi connectivity index (χ0v) is 12.5. The van der Waals surface area contributed by atoms with Crippen LogP contribution in [0.4, 0.5) is 9.18 Å². The molecule has 0 aliphatic heterocycles. The van der Waals surface area contributed by atoms with Crippen molar-refractivity contribution in [3.8, 4) is 0 Å². The summed E-state index contributed by atoms with van der Waals surface area (Å²) in [6, 6.07) is 4.88. The summed E-state index contributed by atoms with van der Waals surface area (Å²) in [4.78, 5) is 25.3. The van der Waals surface area contributed by atoms with Crippen LogP contribution in [0.5, 0.6) is 0 Å². The molecule has 0 N–H and O–H groups in total. The fourth-order valence-corrected chi connectivity index (χ4v) is 2.12. The van der Waals surface area contributed by atoms with Gasteiger partial charge in [0.15, 0.2) is 0 Å². The number of rotatable bonds is 4. The molecule has 21 heavy (non-hydrogen) atoms. The highest BCUT2D eigenvalue weighted by atomic mass is 19.1. The minimum absolute atomic E-state index is 0.0140. The van der Waals surface area contributed by atoms with E-state index in [2.05, 4.69) is 0 Å². The van der Waals surface area contributed by atoms with Gasteiger partial charge in [-0.1, -0.05) is 12.1 Å². The Morgan fingerprint density at radius 1 is 1.33 bits per heavy atom. The quantitative estimate of drug-likeness (QED) is 0.799. The highest BCUT2D eigenvalue weighted by molar-refractivity contribution is 5.75. The number of carbonyl (C=O) groups is 2. The van der Waals surface area contributed by atoms with Crippen molar-refractivity contribution in [2.45, 2.75) is 51.3 Å². The van der Waals surface area contributed by atoms with E-state index in [1.807, 2.05) is 0 Å². The van der Waals surface area contributed by atoms with Crippen LogP contribution in [0.25, 0.3) is 0 Å². The van der Waals surface area contributed by atoms with Crippen molar-refractivity contribution in [1.82, 2.24) is 4.90 Å². The predicted molar refractivity (Wildman–Crippen MR) is 76.3 cm³/mol. The zero-order chi connectivity index (χ0) is 15.6. The molecule has 2 rings (SSSR count). The molecule has 1 aliphatic rings. The fraction of sp³-hybridized carbons (Fsp3) is 0.500. The van der Waals surface area contributed by atoms with E-state index in [0.29, 0.717) is 11.8 Å². The molecule has 0 saturated heterocycles. The Hall–Kier alpha value is -1.91. The molecule has 0 aromatic heterocycles. The number of aldehydes is 1. The zero-order valence-electron chi connectivity index (χ0n) is 12.5. The molecule has 1 aliphatic carbocycles. The minimum atomic E-state index is -0.743. The molecule has 0 heterocycles. The van der Waals surface area contributed by atoms with Gasteiger partial charge in [-0.25, -0.2) is 9.18 Å². The summed E-state index contributed by atoms with van der Waals surface area (Å²) in [5.74, 6) is -0.376. The number of halogens is 1. The molecule has 114 valence electrons. The third-order valence-electron chi connectivity index (χ3n) is 3.18. The maximum atomic E-state index is 13.0. The Balaban J connectivity index is 2.24. The van der Waals surface area contributed by atoms with Crippen LogP contribution in [0.3, 0.4) is 0 Å². The van der Waals surface area contributed by atoms with Gasteiger partial charge in [-0.3, -0.25) is 4.90 Å². The summed E-state index contributed by atoms with van der Waals surface area (Å²) < 4.78 is 18.4. The molecule has 1 atom stereocenters. The summed E-state index contributed by atoms with van der Waals surface area (Å²) >= 11 is 0. The number of hydrogen-bond acceptors (Lipinski definition) is 3. The molecule has 5 heteroatoms. The topological polar surface area (TPSA) is 46.6 Å². The van der Waals surface area contributed by atoms with Crippen LogP contribution < -0.4 is 0 Å². The summed E-state index contributed by atoms with van der Waals surface area (Å²) in [5, 5.41) is 0. The van der Waals surface area contributed by atoms with Gasteiger partial charge in [-0.15, -0.1) is 0 Å². The van der Waals surface area contributed by atoms with Crippen LogP contribution >= 0.6 is 0 Å². The Morgan fingerprint density at radius 2 is 1.90 bits per heavy atom. The number of amides is 1. The van der Waals surface area contributed by atoms with E-state index < -0.39 is 17.7 Å². The number of ether oxygens (including phenoxy) is 1. The van der Waals surface area contributed by atoms with Crippen LogP contribution in [0.2, 0.25) is 0 Å². The lowest BCUT2D eigenvalue weighted by Crippen LogP contribution is -2.41. The molecular weight excluding hydrogens is 273 g/mol. The lowest BCUT2D eigenvalue weighted by molar-refractivity contribution is -0.113.